The summed E-state index contributed by atoms with van der Waals surface area (Å²) >= 11 is 5.60. The molecule has 0 aromatic carbocycles. The lowest BCUT2D eigenvalue weighted by Crippen LogP contribution is -2.26. The maximum Gasteiger partial charge on any atom is 0.451 e. The van der Waals surface area contributed by atoms with Crippen LogP contribution in [0.3, 0.4) is 0 Å². The van der Waals surface area contributed by atoms with Gasteiger partial charge in [0.05, 0.1) is 0 Å². The smallest absolute Gasteiger partial charge is 0.451 e. The van der Waals surface area contributed by atoms with Gasteiger partial charge in [-0.05, 0) is 25.2 Å². The molecule has 2 unspecified atom stereocenters. The minimum atomic E-state index is -4.62. The van der Waals surface area contributed by atoms with Crippen LogP contribution in [0, 0.1) is 5.92 Å². The number of hydrogen-bond donors (Lipinski definition) is 0. The van der Waals surface area contributed by atoms with Gasteiger partial charge in [-0.2, -0.15) is 18.2 Å². The van der Waals surface area contributed by atoms with E-state index < -0.39 is 12.0 Å². The van der Waals surface area contributed by atoms with Crippen LogP contribution in [0.2, 0.25) is 5.15 Å². The number of halogens is 4. The first-order valence-electron chi connectivity index (χ1n) is 6.67. The zero-order valence-electron chi connectivity index (χ0n) is 11.1. The van der Waals surface area contributed by atoms with E-state index in [1.165, 1.54) is 6.07 Å². The van der Waals surface area contributed by atoms with E-state index in [1.54, 1.807) is 0 Å². The summed E-state index contributed by atoms with van der Waals surface area (Å²) in [5.41, 5.74) is 0. The van der Waals surface area contributed by atoms with Gasteiger partial charge in [0.15, 0.2) is 0 Å². The molecular formula is C13H16ClF3N2O. The monoisotopic (exact) mass is 308 g/mol. The fraction of sp³-hybridized carbons (Fsp3) is 0.692. The maximum atomic E-state index is 12.6. The molecule has 0 bridgehead atoms. The Bertz CT molecular complexity index is 467. The van der Waals surface area contributed by atoms with Crippen LogP contribution in [0.5, 0.6) is 5.88 Å². The molecule has 20 heavy (non-hydrogen) atoms. The lowest BCUT2D eigenvalue weighted by molar-refractivity contribution is -0.145. The van der Waals surface area contributed by atoms with Gasteiger partial charge in [0, 0.05) is 6.07 Å². The van der Waals surface area contributed by atoms with Crippen LogP contribution in [0.15, 0.2) is 6.07 Å². The molecule has 2 rings (SSSR count). The van der Waals surface area contributed by atoms with Crippen LogP contribution in [0.4, 0.5) is 13.2 Å². The summed E-state index contributed by atoms with van der Waals surface area (Å²) < 4.78 is 43.4. The lowest BCUT2D eigenvalue weighted by Gasteiger charge is -2.28. The van der Waals surface area contributed by atoms with Crippen LogP contribution >= 0.6 is 11.6 Å². The average molecular weight is 309 g/mol. The molecule has 1 aromatic rings. The van der Waals surface area contributed by atoms with Gasteiger partial charge in [-0.3, -0.25) is 0 Å². The van der Waals surface area contributed by atoms with E-state index in [9.17, 15) is 13.2 Å². The Hall–Kier alpha value is -1.04. The summed E-state index contributed by atoms with van der Waals surface area (Å²) in [6, 6.07) is 1.23. The molecule has 1 aliphatic rings. The Labute approximate surface area is 120 Å². The highest BCUT2D eigenvalue weighted by molar-refractivity contribution is 6.29. The first-order chi connectivity index (χ1) is 9.38. The van der Waals surface area contributed by atoms with E-state index in [2.05, 4.69) is 16.9 Å². The molecule has 1 heterocycles. The molecule has 1 fully saturated rings. The Balaban J connectivity index is 2.11. The van der Waals surface area contributed by atoms with Gasteiger partial charge >= 0.3 is 6.18 Å². The zero-order valence-corrected chi connectivity index (χ0v) is 11.8. The van der Waals surface area contributed by atoms with Gasteiger partial charge < -0.3 is 4.74 Å². The van der Waals surface area contributed by atoms with Crippen molar-refractivity contribution in [3.8, 4) is 5.88 Å². The Morgan fingerprint density at radius 2 is 2.10 bits per heavy atom. The summed E-state index contributed by atoms with van der Waals surface area (Å²) in [6.45, 7) is 2.11. The minimum absolute atomic E-state index is 0.0965. The predicted octanol–water partition coefficient (Wildman–Crippen LogP) is 4.50. The molecule has 0 saturated heterocycles. The van der Waals surface area contributed by atoms with E-state index in [1.807, 2.05) is 0 Å². The van der Waals surface area contributed by atoms with Crippen LogP contribution in [-0.2, 0) is 6.18 Å². The van der Waals surface area contributed by atoms with Crippen LogP contribution in [0.1, 0.15) is 44.9 Å². The van der Waals surface area contributed by atoms with Crippen molar-refractivity contribution in [3.63, 3.8) is 0 Å². The van der Waals surface area contributed by atoms with Crippen LogP contribution < -0.4 is 4.74 Å². The van der Waals surface area contributed by atoms with E-state index in [-0.39, 0.29) is 17.1 Å². The summed E-state index contributed by atoms with van der Waals surface area (Å²) in [4.78, 5) is 6.59. The van der Waals surface area contributed by atoms with Crippen LogP contribution in [-0.4, -0.2) is 16.1 Å². The zero-order chi connectivity index (χ0) is 14.8. The van der Waals surface area contributed by atoms with Gasteiger partial charge in [0.25, 0.3) is 0 Å². The number of ether oxygens (including phenoxy) is 1. The molecule has 0 spiro atoms. The van der Waals surface area contributed by atoms with Crippen molar-refractivity contribution in [2.75, 3.05) is 0 Å². The number of nitrogens with zero attached hydrogens (tertiary/aromatic N) is 2. The topological polar surface area (TPSA) is 35.0 Å². The van der Waals surface area contributed by atoms with Gasteiger partial charge in [-0.15, -0.1) is 0 Å². The highest BCUT2D eigenvalue weighted by atomic mass is 35.5. The van der Waals surface area contributed by atoms with E-state index >= 15 is 0 Å². The molecule has 1 aromatic heterocycles. The predicted molar refractivity (Wildman–Crippen MR) is 68.7 cm³/mol. The third kappa shape index (κ3) is 3.98. The number of alkyl halides is 3. The van der Waals surface area contributed by atoms with Crippen molar-refractivity contribution in [2.24, 2.45) is 5.92 Å². The normalized spacial score (nSPS) is 23.6. The Morgan fingerprint density at radius 3 is 2.75 bits per heavy atom. The van der Waals surface area contributed by atoms with Gasteiger partial charge in [0.2, 0.25) is 11.7 Å². The molecule has 2 atom stereocenters. The molecule has 7 heteroatoms. The summed E-state index contributed by atoms with van der Waals surface area (Å²) in [6.07, 6.45) is 0.183. The van der Waals surface area contributed by atoms with Crippen molar-refractivity contribution < 1.29 is 17.9 Å². The largest absolute Gasteiger partial charge is 0.474 e. The fourth-order valence-corrected chi connectivity index (χ4v) is 2.65. The maximum absolute atomic E-state index is 12.6. The fourth-order valence-electron chi connectivity index (χ4n) is 2.47. The van der Waals surface area contributed by atoms with Crippen molar-refractivity contribution in [1.82, 2.24) is 9.97 Å². The van der Waals surface area contributed by atoms with E-state index in [0.717, 1.165) is 32.1 Å². The van der Waals surface area contributed by atoms with Gasteiger partial charge in [-0.1, -0.05) is 31.4 Å². The molecule has 0 radical (unpaired) electrons. The minimum Gasteiger partial charge on any atom is -0.474 e. The van der Waals surface area contributed by atoms with Crippen LogP contribution in [0.25, 0.3) is 0 Å². The van der Waals surface area contributed by atoms with E-state index in [0.29, 0.717) is 5.92 Å². The molecule has 3 nitrogen and oxygen atoms in total. The third-order valence-corrected chi connectivity index (χ3v) is 3.72. The summed E-state index contributed by atoms with van der Waals surface area (Å²) in [5, 5.41) is -0.259. The number of rotatable bonds is 3. The second-order valence-electron chi connectivity index (χ2n) is 5.03. The highest BCUT2D eigenvalue weighted by Crippen LogP contribution is 2.32. The SMILES string of the molecule is CCC1CCCC(Oc2cc(Cl)nc(C(F)(F)F)n2)C1. The first kappa shape index (κ1) is 15.4. The van der Waals surface area contributed by atoms with Gasteiger partial charge in [0.1, 0.15) is 11.3 Å². The molecule has 0 aliphatic heterocycles. The van der Waals surface area contributed by atoms with Crippen molar-refractivity contribution >= 4 is 11.6 Å². The van der Waals surface area contributed by atoms with E-state index in [4.69, 9.17) is 16.3 Å². The van der Waals surface area contributed by atoms with Crippen molar-refractivity contribution in [2.45, 2.75) is 51.3 Å². The molecule has 112 valence electrons. The van der Waals surface area contributed by atoms with Gasteiger partial charge in [-0.25, -0.2) is 4.98 Å². The second kappa shape index (κ2) is 6.16. The molecule has 1 saturated carbocycles. The summed E-state index contributed by atoms with van der Waals surface area (Å²) in [5.74, 6) is -0.796. The quantitative estimate of drug-likeness (QED) is 0.771. The molecular weight excluding hydrogens is 293 g/mol. The Morgan fingerprint density at radius 1 is 1.35 bits per heavy atom. The molecule has 0 amide bonds. The van der Waals surface area contributed by atoms with Crippen molar-refractivity contribution in [3.05, 3.63) is 17.0 Å². The molecule has 0 N–H and O–H groups in total. The molecule has 1 aliphatic carbocycles. The number of hydrogen-bond acceptors (Lipinski definition) is 3. The summed E-state index contributed by atoms with van der Waals surface area (Å²) in [7, 11) is 0. The first-order valence-corrected chi connectivity index (χ1v) is 7.04. The Kier molecular flexibility index (Phi) is 4.73. The third-order valence-electron chi connectivity index (χ3n) is 3.52. The standard InChI is InChI=1S/C13H16ClF3N2O/c1-2-8-4-3-5-9(6-8)20-11-7-10(14)18-12(19-11)13(15,16)17/h7-9H,2-6H2,1H3. The number of aromatic nitrogens is 2. The second-order valence-corrected chi connectivity index (χ2v) is 5.42. The lowest BCUT2D eigenvalue weighted by atomic mass is 9.85. The average Bonchev–Trinajstić information content (AvgIpc) is 2.37. The van der Waals surface area contributed by atoms with Crippen molar-refractivity contribution in [1.29, 1.82) is 0 Å². The highest BCUT2D eigenvalue weighted by Gasteiger charge is 2.36.